The van der Waals surface area contributed by atoms with Gasteiger partial charge >= 0.3 is 0 Å². The second kappa shape index (κ2) is 5.62. The summed E-state index contributed by atoms with van der Waals surface area (Å²) in [5.41, 5.74) is 4.84. The summed E-state index contributed by atoms with van der Waals surface area (Å²) in [6.45, 7) is 0.687. The van der Waals surface area contributed by atoms with Gasteiger partial charge in [-0.3, -0.25) is 9.48 Å². The van der Waals surface area contributed by atoms with E-state index in [4.69, 9.17) is 9.47 Å². The van der Waals surface area contributed by atoms with Crippen molar-refractivity contribution >= 4 is 11.6 Å². The summed E-state index contributed by atoms with van der Waals surface area (Å²) in [6.07, 6.45) is 2.61. The van der Waals surface area contributed by atoms with Crippen LogP contribution in [0.15, 0.2) is 48.7 Å². The van der Waals surface area contributed by atoms with Crippen LogP contribution >= 0.6 is 0 Å². The zero-order chi connectivity index (χ0) is 17.7. The Hall–Kier alpha value is -3.28. The number of anilines is 1. The molecule has 1 amide bonds. The van der Waals surface area contributed by atoms with E-state index in [1.54, 1.807) is 18.2 Å². The lowest BCUT2D eigenvalue weighted by atomic mass is 10.1. The molecule has 0 unspecified atom stereocenters. The van der Waals surface area contributed by atoms with Gasteiger partial charge in [-0.25, -0.2) is 0 Å². The Labute approximate surface area is 150 Å². The average Bonchev–Trinajstić information content (AvgIpc) is 3.22. The van der Waals surface area contributed by atoms with Gasteiger partial charge < -0.3 is 14.4 Å². The van der Waals surface area contributed by atoms with E-state index in [9.17, 15) is 4.79 Å². The molecule has 0 fully saturated rings. The Balaban J connectivity index is 1.60. The number of benzene rings is 2. The highest BCUT2D eigenvalue weighted by Crippen LogP contribution is 2.35. The summed E-state index contributed by atoms with van der Waals surface area (Å²) in [7, 11) is 1.94. The third kappa shape index (κ3) is 2.26. The van der Waals surface area contributed by atoms with Crippen LogP contribution in [0, 0.1) is 0 Å². The minimum atomic E-state index is -0.0625. The molecule has 2 aliphatic rings. The summed E-state index contributed by atoms with van der Waals surface area (Å²) >= 11 is 0. The van der Waals surface area contributed by atoms with Crippen molar-refractivity contribution in [2.45, 2.75) is 13.0 Å². The van der Waals surface area contributed by atoms with Crippen LogP contribution in [0.3, 0.4) is 0 Å². The van der Waals surface area contributed by atoms with Crippen LogP contribution < -0.4 is 14.4 Å². The number of hydrogen-bond acceptors (Lipinski definition) is 4. The lowest BCUT2D eigenvalue weighted by molar-refractivity contribution is 0.0984. The molecule has 0 bridgehead atoms. The number of hydrogen-bond donors (Lipinski definition) is 0. The highest BCUT2D eigenvalue weighted by Gasteiger charge is 2.27. The van der Waals surface area contributed by atoms with E-state index in [0.717, 1.165) is 28.9 Å². The van der Waals surface area contributed by atoms with Crippen LogP contribution in [-0.4, -0.2) is 22.5 Å². The van der Waals surface area contributed by atoms with Crippen LogP contribution in [-0.2, 0) is 20.0 Å². The summed E-state index contributed by atoms with van der Waals surface area (Å²) in [4.78, 5) is 15.2. The zero-order valence-corrected chi connectivity index (χ0v) is 14.3. The first-order chi connectivity index (χ1) is 12.7. The van der Waals surface area contributed by atoms with Crippen LogP contribution in [0.4, 0.5) is 5.69 Å². The molecule has 1 aromatic heterocycles. The number of rotatable bonds is 1. The Morgan fingerprint density at radius 3 is 2.85 bits per heavy atom. The molecule has 0 N–H and O–H groups in total. The van der Waals surface area contributed by atoms with Gasteiger partial charge in [-0.15, -0.1) is 0 Å². The molecule has 3 heterocycles. The van der Waals surface area contributed by atoms with Gasteiger partial charge in [0.1, 0.15) is 0 Å². The highest BCUT2D eigenvalue weighted by atomic mass is 16.7. The standard InChI is InChI=1S/C20H17N3O3/c1-22-17-8-13-4-2-3-5-16(13)23(11-15(17)10-21-22)20(24)14-6-7-18-19(9-14)26-12-25-18/h2-7,9-10H,8,11-12H2,1H3. The number of fused-ring (bicyclic) bond motifs is 3. The van der Waals surface area contributed by atoms with Crippen molar-refractivity contribution in [3.63, 3.8) is 0 Å². The van der Waals surface area contributed by atoms with E-state index in [0.29, 0.717) is 23.6 Å². The molecule has 0 spiro atoms. The maximum atomic E-state index is 13.3. The second-order valence-corrected chi connectivity index (χ2v) is 6.50. The van der Waals surface area contributed by atoms with Crippen molar-refractivity contribution in [3.8, 4) is 11.5 Å². The SMILES string of the molecule is Cn1ncc2c1Cc1ccccc1N(C(=O)c1ccc3c(c1)OCO3)C2. The topological polar surface area (TPSA) is 56.6 Å². The first-order valence-electron chi connectivity index (χ1n) is 8.50. The molecule has 26 heavy (non-hydrogen) atoms. The number of ether oxygens (including phenoxy) is 2. The summed E-state index contributed by atoms with van der Waals surface area (Å²) in [5.74, 6) is 1.22. The minimum Gasteiger partial charge on any atom is -0.454 e. The molecule has 0 saturated carbocycles. The molecule has 2 aliphatic heterocycles. The van der Waals surface area contributed by atoms with Crippen molar-refractivity contribution in [1.82, 2.24) is 9.78 Å². The largest absolute Gasteiger partial charge is 0.454 e. The third-order valence-corrected chi connectivity index (χ3v) is 4.98. The van der Waals surface area contributed by atoms with Gasteiger partial charge in [0.2, 0.25) is 6.79 Å². The molecule has 0 radical (unpaired) electrons. The van der Waals surface area contributed by atoms with Crippen molar-refractivity contribution in [2.75, 3.05) is 11.7 Å². The molecule has 5 rings (SSSR count). The molecule has 2 aromatic carbocycles. The number of carbonyl (C=O) groups is 1. The molecule has 6 heteroatoms. The van der Waals surface area contributed by atoms with Crippen LogP contribution in [0.1, 0.15) is 27.2 Å². The smallest absolute Gasteiger partial charge is 0.258 e. The fraction of sp³-hybridized carbons (Fsp3) is 0.200. The molecule has 0 aliphatic carbocycles. The van der Waals surface area contributed by atoms with Crippen molar-refractivity contribution in [1.29, 1.82) is 0 Å². The Kier molecular flexibility index (Phi) is 3.25. The number of nitrogens with zero attached hydrogens (tertiary/aromatic N) is 3. The molecule has 6 nitrogen and oxygen atoms in total. The van der Waals surface area contributed by atoms with Gasteiger partial charge in [0.15, 0.2) is 11.5 Å². The van der Waals surface area contributed by atoms with E-state index < -0.39 is 0 Å². The molecule has 0 atom stereocenters. The van der Waals surface area contributed by atoms with E-state index in [1.807, 2.05) is 41.0 Å². The zero-order valence-electron chi connectivity index (χ0n) is 14.3. The lowest BCUT2D eigenvalue weighted by Gasteiger charge is -2.23. The van der Waals surface area contributed by atoms with Gasteiger partial charge in [0.05, 0.1) is 12.7 Å². The Morgan fingerprint density at radius 1 is 1.08 bits per heavy atom. The monoisotopic (exact) mass is 347 g/mol. The molecule has 130 valence electrons. The van der Waals surface area contributed by atoms with E-state index in [-0.39, 0.29) is 12.7 Å². The van der Waals surface area contributed by atoms with E-state index >= 15 is 0 Å². The Morgan fingerprint density at radius 2 is 1.92 bits per heavy atom. The average molecular weight is 347 g/mol. The first-order valence-corrected chi connectivity index (χ1v) is 8.50. The number of para-hydroxylation sites is 1. The highest BCUT2D eigenvalue weighted by molar-refractivity contribution is 6.07. The Bertz CT molecular complexity index is 1020. The number of carbonyl (C=O) groups excluding carboxylic acids is 1. The van der Waals surface area contributed by atoms with Crippen molar-refractivity contribution in [2.24, 2.45) is 7.05 Å². The van der Waals surface area contributed by atoms with Gasteiger partial charge in [-0.05, 0) is 29.8 Å². The van der Waals surface area contributed by atoms with Gasteiger partial charge in [-0.2, -0.15) is 5.10 Å². The third-order valence-electron chi connectivity index (χ3n) is 4.98. The van der Waals surface area contributed by atoms with Crippen molar-refractivity contribution in [3.05, 3.63) is 71.0 Å². The number of amides is 1. The van der Waals surface area contributed by atoms with E-state index in [2.05, 4.69) is 11.2 Å². The molecule has 3 aromatic rings. The fourth-order valence-corrected chi connectivity index (χ4v) is 3.59. The molecular weight excluding hydrogens is 330 g/mol. The summed E-state index contributed by atoms with van der Waals surface area (Å²) < 4.78 is 12.7. The van der Waals surface area contributed by atoms with Crippen LogP contribution in [0.25, 0.3) is 0 Å². The van der Waals surface area contributed by atoms with Crippen LogP contribution in [0.2, 0.25) is 0 Å². The van der Waals surface area contributed by atoms with Crippen molar-refractivity contribution < 1.29 is 14.3 Å². The molecule has 0 saturated heterocycles. The maximum Gasteiger partial charge on any atom is 0.258 e. The predicted molar refractivity (Wildman–Crippen MR) is 95.5 cm³/mol. The van der Waals surface area contributed by atoms with Gasteiger partial charge in [0.25, 0.3) is 5.91 Å². The maximum absolute atomic E-state index is 13.3. The fourth-order valence-electron chi connectivity index (χ4n) is 3.59. The quantitative estimate of drug-likeness (QED) is 0.679. The second-order valence-electron chi connectivity index (χ2n) is 6.50. The summed E-state index contributed by atoms with van der Waals surface area (Å²) in [6, 6.07) is 13.4. The lowest BCUT2D eigenvalue weighted by Crippen LogP contribution is -2.30. The summed E-state index contributed by atoms with van der Waals surface area (Å²) in [5, 5.41) is 4.37. The number of aryl methyl sites for hydroxylation is 1. The first kappa shape index (κ1) is 15.0. The van der Waals surface area contributed by atoms with Gasteiger partial charge in [0, 0.05) is 36.0 Å². The van der Waals surface area contributed by atoms with E-state index in [1.165, 1.54) is 0 Å². The van der Waals surface area contributed by atoms with Crippen LogP contribution in [0.5, 0.6) is 11.5 Å². The van der Waals surface area contributed by atoms with Gasteiger partial charge in [-0.1, -0.05) is 18.2 Å². The molecular formula is C20H17N3O3. The normalized spacial score (nSPS) is 14.6. The predicted octanol–water partition coefficient (Wildman–Crippen LogP) is 2.90. The number of aromatic nitrogens is 2. The minimum absolute atomic E-state index is 0.0625.